The molecule has 118 valence electrons. The lowest BCUT2D eigenvalue weighted by molar-refractivity contribution is 0.165. The van der Waals surface area contributed by atoms with Crippen molar-refractivity contribution in [2.75, 3.05) is 39.3 Å². The van der Waals surface area contributed by atoms with Gasteiger partial charge in [0.1, 0.15) is 0 Å². The highest BCUT2D eigenvalue weighted by molar-refractivity contribution is 5.74. The molecule has 0 aromatic rings. The fourth-order valence-electron chi connectivity index (χ4n) is 2.66. The highest BCUT2D eigenvalue weighted by atomic mass is 16.3. The number of amides is 2. The number of rotatable bonds is 8. The topological polar surface area (TPSA) is 55.8 Å². The van der Waals surface area contributed by atoms with Crippen molar-refractivity contribution in [1.82, 2.24) is 15.1 Å². The van der Waals surface area contributed by atoms with Crippen LogP contribution in [0.2, 0.25) is 0 Å². The van der Waals surface area contributed by atoms with E-state index in [1.807, 2.05) is 0 Å². The van der Waals surface area contributed by atoms with Gasteiger partial charge in [-0.3, -0.25) is 0 Å². The van der Waals surface area contributed by atoms with E-state index in [-0.39, 0.29) is 18.7 Å². The van der Waals surface area contributed by atoms with E-state index >= 15 is 0 Å². The second-order valence-corrected chi connectivity index (χ2v) is 5.78. The number of aliphatic hydroxyl groups excluding tert-OH is 1. The molecule has 5 nitrogen and oxygen atoms in total. The highest BCUT2D eigenvalue weighted by Gasteiger charge is 2.17. The van der Waals surface area contributed by atoms with E-state index < -0.39 is 0 Å². The lowest BCUT2D eigenvalue weighted by atomic mass is 10.1. The van der Waals surface area contributed by atoms with Gasteiger partial charge in [-0.1, -0.05) is 19.8 Å². The summed E-state index contributed by atoms with van der Waals surface area (Å²) in [5, 5.41) is 12.1. The van der Waals surface area contributed by atoms with Crippen LogP contribution in [-0.4, -0.2) is 66.3 Å². The molecule has 1 aliphatic heterocycles. The van der Waals surface area contributed by atoms with Crippen LogP contribution < -0.4 is 5.32 Å². The van der Waals surface area contributed by atoms with Gasteiger partial charge in [0, 0.05) is 25.7 Å². The van der Waals surface area contributed by atoms with Crippen molar-refractivity contribution < 1.29 is 9.90 Å². The Morgan fingerprint density at radius 2 is 2.00 bits per heavy atom. The summed E-state index contributed by atoms with van der Waals surface area (Å²) < 4.78 is 0. The number of nitrogens with one attached hydrogen (secondary N) is 1. The van der Waals surface area contributed by atoms with Gasteiger partial charge in [0.15, 0.2) is 0 Å². The minimum atomic E-state index is -0.0444. The SMILES string of the molecule is CCCCN(CCO)C(=O)NC(C)CN1CCCCC1. The number of hydrogen-bond acceptors (Lipinski definition) is 3. The minimum absolute atomic E-state index is 0.0254. The van der Waals surface area contributed by atoms with Gasteiger partial charge in [0.05, 0.1) is 6.61 Å². The summed E-state index contributed by atoms with van der Waals surface area (Å²) in [6.45, 7) is 8.55. The Balaban J connectivity index is 2.32. The van der Waals surface area contributed by atoms with Crippen molar-refractivity contribution in [3.8, 4) is 0 Å². The molecular weight excluding hydrogens is 254 g/mol. The normalized spacial score (nSPS) is 17.8. The molecule has 1 aliphatic rings. The summed E-state index contributed by atoms with van der Waals surface area (Å²) in [5.41, 5.74) is 0. The molecule has 2 N–H and O–H groups in total. The lowest BCUT2D eigenvalue weighted by Gasteiger charge is -2.30. The Hall–Kier alpha value is -0.810. The number of urea groups is 1. The van der Waals surface area contributed by atoms with Crippen molar-refractivity contribution in [1.29, 1.82) is 0 Å². The Morgan fingerprint density at radius 3 is 2.60 bits per heavy atom. The van der Waals surface area contributed by atoms with E-state index in [4.69, 9.17) is 5.11 Å². The predicted octanol–water partition coefficient (Wildman–Crippen LogP) is 1.66. The Labute approximate surface area is 123 Å². The highest BCUT2D eigenvalue weighted by Crippen LogP contribution is 2.09. The average Bonchev–Trinajstić information content (AvgIpc) is 2.44. The van der Waals surface area contributed by atoms with Gasteiger partial charge in [-0.2, -0.15) is 0 Å². The molecule has 1 atom stereocenters. The van der Waals surface area contributed by atoms with Gasteiger partial charge in [-0.25, -0.2) is 4.79 Å². The van der Waals surface area contributed by atoms with Crippen molar-refractivity contribution >= 4 is 6.03 Å². The number of piperidine rings is 1. The first-order valence-corrected chi connectivity index (χ1v) is 8.06. The van der Waals surface area contributed by atoms with Gasteiger partial charge < -0.3 is 20.2 Å². The summed E-state index contributed by atoms with van der Waals surface area (Å²) in [4.78, 5) is 16.3. The van der Waals surface area contributed by atoms with Crippen LogP contribution in [0.25, 0.3) is 0 Å². The van der Waals surface area contributed by atoms with Crippen LogP contribution in [0.4, 0.5) is 4.79 Å². The number of likely N-dealkylation sites (tertiary alicyclic amines) is 1. The first-order chi connectivity index (χ1) is 9.67. The smallest absolute Gasteiger partial charge is 0.317 e. The number of aliphatic hydroxyl groups is 1. The average molecular weight is 285 g/mol. The zero-order chi connectivity index (χ0) is 14.8. The van der Waals surface area contributed by atoms with E-state index in [2.05, 4.69) is 24.1 Å². The van der Waals surface area contributed by atoms with Gasteiger partial charge in [-0.05, 0) is 39.3 Å². The number of nitrogens with zero attached hydrogens (tertiary/aromatic N) is 2. The third-order valence-corrected chi connectivity index (χ3v) is 3.79. The fourth-order valence-corrected chi connectivity index (χ4v) is 2.66. The quantitative estimate of drug-likeness (QED) is 0.713. The maximum absolute atomic E-state index is 12.2. The van der Waals surface area contributed by atoms with Gasteiger partial charge in [0.25, 0.3) is 0 Å². The van der Waals surface area contributed by atoms with Crippen LogP contribution in [0.5, 0.6) is 0 Å². The molecule has 0 bridgehead atoms. The molecule has 0 aliphatic carbocycles. The Morgan fingerprint density at radius 1 is 1.30 bits per heavy atom. The molecule has 1 saturated heterocycles. The van der Waals surface area contributed by atoms with E-state index in [1.165, 1.54) is 19.3 Å². The molecule has 2 amide bonds. The summed E-state index contributed by atoms with van der Waals surface area (Å²) in [5.74, 6) is 0. The molecular formula is C15H31N3O2. The van der Waals surface area contributed by atoms with E-state index in [1.54, 1.807) is 4.90 Å². The molecule has 1 fully saturated rings. The first kappa shape index (κ1) is 17.2. The molecule has 0 radical (unpaired) electrons. The van der Waals surface area contributed by atoms with Crippen LogP contribution in [0, 0.1) is 0 Å². The van der Waals surface area contributed by atoms with Gasteiger partial charge in [0.2, 0.25) is 0 Å². The molecule has 0 spiro atoms. The lowest BCUT2D eigenvalue weighted by Crippen LogP contribution is -2.49. The zero-order valence-electron chi connectivity index (χ0n) is 13.1. The molecule has 0 saturated carbocycles. The van der Waals surface area contributed by atoms with Crippen molar-refractivity contribution in [2.45, 2.75) is 52.0 Å². The standard InChI is InChI=1S/C15H31N3O2/c1-3-4-10-18(11-12-19)15(20)16-14(2)13-17-8-6-5-7-9-17/h14,19H,3-13H2,1-2H3,(H,16,20). The van der Waals surface area contributed by atoms with Gasteiger partial charge in [-0.15, -0.1) is 0 Å². The zero-order valence-corrected chi connectivity index (χ0v) is 13.1. The fraction of sp³-hybridized carbons (Fsp3) is 0.933. The second kappa shape index (κ2) is 10.00. The van der Waals surface area contributed by atoms with E-state index in [9.17, 15) is 4.79 Å². The monoisotopic (exact) mass is 285 g/mol. The second-order valence-electron chi connectivity index (χ2n) is 5.78. The molecule has 1 heterocycles. The van der Waals surface area contributed by atoms with Crippen molar-refractivity contribution in [2.24, 2.45) is 0 Å². The van der Waals surface area contributed by atoms with Crippen LogP contribution in [0.3, 0.4) is 0 Å². The molecule has 1 rings (SSSR count). The van der Waals surface area contributed by atoms with Crippen molar-refractivity contribution in [3.05, 3.63) is 0 Å². The van der Waals surface area contributed by atoms with Crippen LogP contribution in [0.15, 0.2) is 0 Å². The van der Waals surface area contributed by atoms with Crippen LogP contribution in [-0.2, 0) is 0 Å². The largest absolute Gasteiger partial charge is 0.395 e. The summed E-state index contributed by atoms with van der Waals surface area (Å²) in [7, 11) is 0. The molecule has 0 aromatic carbocycles. The van der Waals surface area contributed by atoms with E-state index in [0.29, 0.717) is 6.54 Å². The van der Waals surface area contributed by atoms with Crippen LogP contribution >= 0.6 is 0 Å². The summed E-state index contributed by atoms with van der Waals surface area (Å²) in [6.07, 6.45) is 5.91. The van der Waals surface area contributed by atoms with Crippen LogP contribution in [0.1, 0.15) is 46.0 Å². The Kier molecular flexibility index (Phi) is 8.62. The summed E-state index contributed by atoms with van der Waals surface area (Å²) >= 11 is 0. The van der Waals surface area contributed by atoms with E-state index in [0.717, 1.165) is 39.0 Å². The number of carbonyl (C=O) groups excluding carboxylic acids is 1. The number of carbonyl (C=O) groups is 1. The maximum Gasteiger partial charge on any atom is 0.317 e. The number of hydrogen-bond donors (Lipinski definition) is 2. The molecule has 0 aromatic heterocycles. The maximum atomic E-state index is 12.2. The third kappa shape index (κ3) is 6.57. The minimum Gasteiger partial charge on any atom is -0.395 e. The molecule has 1 unspecified atom stereocenters. The first-order valence-electron chi connectivity index (χ1n) is 8.06. The molecule has 5 heteroatoms. The summed E-state index contributed by atoms with van der Waals surface area (Å²) in [6, 6.07) is 0.112. The van der Waals surface area contributed by atoms with Crippen molar-refractivity contribution in [3.63, 3.8) is 0 Å². The molecule has 20 heavy (non-hydrogen) atoms. The predicted molar refractivity (Wildman–Crippen MR) is 81.9 cm³/mol. The number of unbranched alkanes of at least 4 members (excludes halogenated alkanes) is 1. The third-order valence-electron chi connectivity index (χ3n) is 3.79. The van der Waals surface area contributed by atoms with Gasteiger partial charge >= 0.3 is 6.03 Å². The Bertz CT molecular complexity index is 268.